The number of methoxy groups -OCH3 is 1. The zero-order valence-corrected chi connectivity index (χ0v) is 30.7. The number of amides is 1. The maximum atomic E-state index is 11.6. The van der Waals surface area contributed by atoms with E-state index in [1.807, 2.05) is 12.3 Å². The largest absolute Gasteiger partial charge is 0.496 e. The number of nitrogens with zero attached hydrogens (tertiary/aromatic N) is 5. The van der Waals surface area contributed by atoms with Gasteiger partial charge < -0.3 is 35.5 Å². The number of rotatable bonds is 21. The first-order valence-corrected chi connectivity index (χ1v) is 18.3. The number of nitrogen functional groups attached to an aromatic ring is 1. The van der Waals surface area contributed by atoms with Gasteiger partial charge in [-0.3, -0.25) is 19.4 Å². The van der Waals surface area contributed by atoms with E-state index >= 15 is 0 Å². The quantitative estimate of drug-likeness (QED) is 0.111. The molecule has 0 aliphatic carbocycles. The summed E-state index contributed by atoms with van der Waals surface area (Å²) in [5.41, 5.74) is 10.0. The number of hydrogen-bond acceptors (Lipinski definition) is 10. The number of hydrogen-bond donors (Lipinski definition) is 4. The van der Waals surface area contributed by atoms with Gasteiger partial charge in [0.15, 0.2) is 5.82 Å². The number of anilines is 2. The van der Waals surface area contributed by atoms with Crippen LogP contribution in [0.2, 0.25) is 0 Å². The first-order chi connectivity index (χ1) is 24.3. The number of fused-ring (bicyclic) bond motifs is 1. The molecular formula is C37H60N8O5. The molecule has 0 bridgehead atoms. The van der Waals surface area contributed by atoms with Crippen molar-refractivity contribution in [1.29, 1.82) is 0 Å². The predicted octanol–water partition coefficient (Wildman–Crippen LogP) is 4.98. The summed E-state index contributed by atoms with van der Waals surface area (Å²) in [5, 5.41) is 14.8. The molecule has 3 heterocycles. The van der Waals surface area contributed by atoms with Crippen molar-refractivity contribution in [3.05, 3.63) is 41.6 Å². The summed E-state index contributed by atoms with van der Waals surface area (Å²) in [7, 11) is 1.72. The SMILES string of the molecule is CCCCC.CCCCCNc1nc(N)nc2ccn(Cc3ccc(CN4CCN(CCOCCNC(=O)CCC(=O)O)CC4)cc3OC)c12. The minimum Gasteiger partial charge on any atom is -0.496 e. The van der Waals surface area contributed by atoms with Crippen molar-refractivity contribution in [2.24, 2.45) is 0 Å². The number of nitrogens with two attached hydrogens (primary N) is 1. The average molecular weight is 697 g/mol. The van der Waals surface area contributed by atoms with E-state index in [1.165, 1.54) is 24.8 Å². The van der Waals surface area contributed by atoms with Crippen LogP contribution in [0.5, 0.6) is 5.75 Å². The van der Waals surface area contributed by atoms with Crippen molar-refractivity contribution >= 4 is 34.7 Å². The number of carbonyl (C=O) groups excluding carboxylic acids is 1. The molecule has 2 aromatic heterocycles. The molecule has 5 N–H and O–H groups in total. The summed E-state index contributed by atoms with van der Waals surface area (Å²) < 4.78 is 13.6. The second kappa shape index (κ2) is 22.7. The molecule has 1 aromatic carbocycles. The highest BCUT2D eigenvalue weighted by molar-refractivity contribution is 5.87. The van der Waals surface area contributed by atoms with E-state index in [2.05, 4.69) is 73.9 Å². The lowest BCUT2D eigenvalue weighted by atomic mass is 10.1. The third kappa shape index (κ3) is 14.1. The summed E-state index contributed by atoms with van der Waals surface area (Å²) in [4.78, 5) is 35.9. The lowest BCUT2D eigenvalue weighted by molar-refractivity contribution is -0.138. The van der Waals surface area contributed by atoms with Crippen molar-refractivity contribution in [3.63, 3.8) is 0 Å². The second-order valence-electron chi connectivity index (χ2n) is 12.7. The summed E-state index contributed by atoms with van der Waals surface area (Å²) in [6.45, 7) is 15.0. The molecular weight excluding hydrogens is 636 g/mol. The van der Waals surface area contributed by atoms with Gasteiger partial charge in [0, 0.05) is 70.5 Å². The Kier molecular flexibility index (Phi) is 18.4. The van der Waals surface area contributed by atoms with Gasteiger partial charge in [-0.25, -0.2) is 4.98 Å². The van der Waals surface area contributed by atoms with Crippen LogP contribution in [-0.4, -0.2) is 107 Å². The number of benzene rings is 1. The monoisotopic (exact) mass is 696 g/mol. The van der Waals surface area contributed by atoms with Gasteiger partial charge in [0.2, 0.25) is 11.9 Å². The first kappa shape index (κ1) is 40.5. The molecule has 1 amide bonds. The number of aliphatic carboxylic acids is 1. The van der Waals surface area contributed by atoms with Crippen LogP contribution < -0.4 is 21.1 Å². The fraction of sp³-hybridized carbons (Fsp3) is 0.622. The van der Waals surface area contributed by atoms with Crippen LogP contribution in [0.4, 0.5) is 11.8 Å². The number of unbranched alkanes of at least 4 members (excludes halogenated alkanes) is 4. The number of piperazine rings is 1. The van der Waals surface area contributed by atoms with Gasteiger partial charge in [0.1, 0.15) is 11.3 Å². The van der Waals surface area contributed by atoms with Crippen molar-refractivity contribution in [3.8, 4) is 5.75 Å². The number of carbonyl (C=O) groups is 2. The standard InChI is InChI=1S/C32H48N8O5.C5H12/c1-3-4-5-11-35-31-30-26(36-32(33)37-31)10-13-40(30)23-25-7-6-24(21-27(25)44-2)22-39-16-14-38(15-17-39)18-20-45-19-12-34-28(41)8-9-29(42)43;1-3-5-4-2/h6-7,10,13,21H,3-5,8-9,11-12,14-20,22-23H2,1-2H3,(H,34,41)(H,42,43)(H3,33,35,36,37);3-5H2,1-2H3. The fourth-order valence-electron chi connectivity index (χ4n) is 5.81. The highest BCUT2D eigenvalue weighted by Crippen LogP contribution is 2.27. The van der Waals surface area contributed by atoms with E-state index < -0.39 is 5.97 Å². The number of aromatic nitrogens is 3. The third-order valence-electron chi connectivity index (χ3n) is 8.66. The van der Waals surface area contributed by atoms with Gasteiger partial charge >= 0.3 is 5.97 Å². The summed E-state index contributed by atoms with van der Waals surface area (Å²) in [6, 6.07) is 8.45. The molecule has 0 spiro atoms. The molecule has 1 aliphatic heterocycles. The normalized spacial score (nSPS) is 13.5. The summed E-state index contributed by atoms with van der Waals surface area (Å²) in [6.07, 6.45) is 9.33. The molecule has 278 valence electrons. The Morgan fingerprint density at radius 3 is 2.32 bits per heavy atom. The van der Waals surface area contributed by atoms with Crippen LogP contribution in [0.3, 0.4) is 0 Å². The molecule has 1 aliphatic rings. The van der Waals surface area contributed by atoms with E-state index in [4.69, 9.17) is 20.3 Å². The Morgan fingerprint density at radius 2 is 1.64 bits per heavy atom. The molecule has 13 nitrogen and oxygen atoms in total. The van der Waals surface area contributed by atoms with Crippen LogP contribution >= 0.6 is 0 Å². The number of carboxylic acids is 1. The number of carboxylic acid groups (broad SMARTS) is 1. The van der Waals surface area contributed by atoms with Crippen molar-refractivity contribution in [1.82, 2.24) is 29.7 Å². The van der Waals surface area contributed by atoms with E-state index in [-0.39, 0.29) is 24.7 Å². The molecule has 1 saturated heterocycles. The third-order valence-corrected chi connectivity index (χ3v) is 8.66. The van der Waals surface area contributed by atoms with Crippen molar-refractivity contribution in [2.45, 2.75) is 85.2 Å². The average Bonchev–Trinajstić information content (AvgIpc) is 3.51. The van der Waals surface area contributed by atoms with E-state index in [9.17, 15) is 9.59 Å². The topological polar surface area (TPSA) is 160 Å². The molecule has 13 heteroatoms. The Morgan fingerprint density at radius 1 is 0.900 bits per heavy atom. The molecule has 0 unspecified atom stereocenters. The summed E-state index contributed by atoms with van der Waals surface area (Å²) >= 11 is 0. The van der Waals surface area contributed by atoms with E-state index in [0.717, 1.165) is 93.2 Å². The Bertz CT molecular complexity index is 1440. The van der Waals surface area contributed by atoms with Crippen LogP contribution in [0, 0.1) is 0 Å². The minimum absolute atomic E-state index is 0.00809. The Labute approximate surface area is 297 Å². The Balaban J connectivity index is 0.00000126. The first-order valence-electron chi connectivity index (χ1n) is 18.3. The number of ether oxygens (including phenoxy) is 2. The second-order valence-corrected chi connectivity index (χ2v) is 12.7. The molecule has 0 radical (unpaired) electrons. The van der Waals surface area contributed by atoms with E-state index in [1.54, 1.807) is 7.11 Å². The lowest BCUT2D eigenvalue weighted by Crippen LogP contribution is -2.46. The predicted molar refractivity (Wildman–Crippen MR) is 200 cm³/mol. The van der Waals surface area contributed by atoms with Gasteiger partial charge in [-0.1, -0.05) is 65.0 Å². The molecule has 0 saturated carbocycles. The molecule has 1 fully saturated rings. The van der Waals surface area contributed by atoms with Gasteiger partial charge in [-0.05, 0) is 24.1 Å². The van der Waals surface area contributed by atoms with Crippen LogP contribution in [0.1, 0.15) is 83.3 Å². The molecule has 3 aromatic rings. The van der Waals surface area contributed by atoms with Gasteiger partial charge in [-0.15, -0.1) is 0 Å². The molecule has 4 rings (SSSR count). The zero-order chi connectivity index (χ0) is 36.1. The molecule has 0 atom stereocenters. The smallest absolute Gasteiger partial charge is 0.303 e. The van der Waals surface area contributed by atoms with Gasteiger partial charge in [-0.2, -0.15) is 4.98 Å². The highest BCUT2D eigenvalue weighted by Gasteiger charge is 2.18. The van der Waals surface area contributed by atoms with Crippen LogP contribution in [0.25, 0.3) is 11.0 Å². The highest BCUT2D eigenvalue weighted by atomic mass is 16.5. The van der Waals surface area contributed by atoms with Gasteiger partial charge in [0.25, 0.3) is 0 Å². The fourth-order valence-corrected chi connectivity index (χ4v) is 5.81. The Hall–Kier alpha value is -3.94. The zero-order valence-electron chi connectivity index (χ0n) is 30.7. The minimum atomic E-state index is -0.973. The van der Waals surface area contributed by atoms with Crippen LogP contribution in [0.15, 0.2) is 30.5 Å². The molecule has 50 heavy (non-hydrogen) atoms. The van der Waals surface area contributed by atoms with E-state index in [0.29, 0.717) is 26.3 Å². The van der Waals surface area contributed by atoms with Crippen molar-refractivity contribution in [2.75, 3.05) is 77.2 Å². The lowest BCUT2D eigenvalue weighted by Gasteiger charge is -2.34. The maximum Gasteiger partial charge on any atom is 0.303 e. The summed E-state index contributed by atoms with van der Waals surface area (Å²) in [5.74, 6) is 0.651. The number of nitrogens with one attached hydrogen (secondary N) is 2. The van der Waals surface area contributed by atoms with Crippen molar-refractivity contribution < 1.29 is 24.2 Å². The van der Waals surface area contributed by atoms with Crippen LogP contribution in [-0.2, 0) is 27.4 Å². The van der Waals surface area contributed by atoms with Gasteiger partial charge in [0.05, 0.1) is 38.8 Å². The maximum absolute atomic E-state index is 11.6.